The Morgan fingerprint density at radius 1 is 1.06 bits per heavy atom. The van der Waals surface area contributed by atoms with Crippen LogP contribution >= 0.6 is 12.2 Å². The van der Waals surface area contributed by atoms with Gasteiger partial charge >= 0.3 is 0 Å². The molecule has 8 nitrogen and oxygen atoms in total. The van der Waals surface area contributed by atoms with Gasteiger partial charge in [-0.2, -0.15) is 5.10 Å². The molecule has 0 bridgehead atoms. The third-order valence-corrected chi connectivity index (χ3v) is 6.96. The zero-order chi connectivity index (χ0) is 22.4. The van der Waals surface area contributed by atoms with E-state index < -0.39 is 0 Å². The third-order valence-electron chi connectivity index (χ3n) is 6.36. The summed E-state index contributed by atoms with van der Waals surface area (Å²) in [5.41, 5.74) is 9.67. The van der Waals surface area contributed by atoms with E-state index in [-0.39, 0.29) is 0 Å². The van der Waals surface area contributed by atoms with Crippen molar-refractivity contribution in [2.24, 2.45) is 0 Å². The summed E-state index contributed by atoms with van der Waals surface area (Å²) in [4.78, 5) is 8.62. The molecule has 5 aromatic rings. The maximum Gasteiger partial charge on any atom is 0.177 e. The first-order chi connectivity index (χ1) is 16.2. The van der Waals surface area contributed by atoms with Gasteiger partial charge < -0.3 is 14.7 Å². The number of anilines is 1. The van der Waals surface area contributed by atoms with Crippen LogP contribution in [0, 0.1) is 0 Å². The van der Waals surface area contributed by atoms with E-state index in [1.807, 2.05) is 51.7 Å². The van der Waals surface area contributed by atoms with Gasteiger partial charge in [0.1, 0.15) is 5.76 Å². The summed E-state index contributed by atoms with van der Waals surface area (Å²) in [6.07, 6.45) is 11.2. The highest BCUT2D eigenvalue weighted by Crippen LogP contribution is 2.38. The summed E-state index contributed by atoms with van der Waals surface area (Å²) >= 11 is 0.818. The van der Waals surface area contributed by atoms with Crippen LogP contribution < -0.4 is 5.73 Å². The fraction of sp³-hybridized carbons (Fsp3) is 0.208. The quantitative estimate of drug-likeness (QED) is 0.278. The summed E-state index contributed by atoms with van der Waals surface area (Å²) in [6, 6.07) is 10.4. The van der Waals surface area contributed by atoms with Gasteiger partial charge in [-0.25, -0.2) is 9.29 Å². The van der Waals surface area contributed by atoms with E-state index in [4.69, 9.17) is 10.2 Å². The Morgan fingerprint density at radius 3 is 2.79 bits per heavy atom. The Hall–Kier alpha value is -3.40. The van der Waals surface area contributed by atoms with E-state index in [1.165, 1.54) is 0 Å². The van der Waals surface area contributed by atoms with Gasteiger partial charge in [0.05, 0.1) is 24.5 Å². The largest absolute Gasteiger partial charge is 0.452 e. The number of nitrogens with two attached hydrogens (primary N) is 1. The molecule has 0 radical (unpaired) electrons. The molecular weight excluding hydrogens is 436 g/mol. The minimum atomic E-state index is 0.309. The molecule has 3 N–H and O–H groups in total. The van der Waals surface area contributed by atoms with Crippen molar-refractivity contribution in [3.05, 3.63) is 61.3 Å². The zero-order valence-electron chi connectivity index (χ0n) is 17.8. The second kappa shape index (κ2) is 8.18. The number of piperidine rings is 1. The van der Waals surface area contributed by atoms with Crippen LogP contribution in [-0.2, 0) is 0 Å². The molecule has 1 saturated heterocycles. The second-order valence-corrected chi connectivity index (χ2v) is 8.94. The molecule has 9 heteroatoms. The topological polar surface area (TPSA) is 106 Å². The normalized spacial score (nSPS) is 15.5. The van der Waals surface area contributed by atoms with E-state index >= 15 is 0 Å². The van der Waals surface area contributed by atoms with Crippen molar-refractivity contribution >= 4 is 39.8 Å². The standard InChI is InChI=1S/C24H22N6O2S/c25-24-23-20(10-22(32-23)19-3-1-2-15-11-26-7-4-18(15)19)21(13-27-24)16-12-28-30(14-16)17-5-8-29(33-31)9-6-17/h1-4,7,10-14,17,31H,5-6,8-9H2,(H2,25,27). The molecule has 0 unspecified atom stereocenters. The molecule has 0 amide bonds. The van der Waals surface area contributed by atoms with Gasteiger partial charge in [-0.1, -0.05) is 18.2 Å². The molecule has 5 heterocycles. The Labute approximate surface area is 194 Å². The molecule has 33 heavy (non-hydrogen) atoms. The smallest absolute Gasteiger partial charge is 0.177 e. The molecule has 1 aliphatic heterocycles. The lowest BCUT2D eigenvalue weighted by atomic mass is 10.0. The maximum atomic E-state index is 9.26. The molecule has 1 aliphatic rings. The number of benzene rings is 1. The lowest BCUT2D eigenvalue weighted by Crippen LogP contribution is -2.29. The molecular formula is C24H22N6O2S. The number of hydrogen-bond acceptors (Lipinski definition) is 8. The first kappa shape index (κ1) is 20.2. The fourth-order valence-corrected chi connectivity index (χ4v) is 4.98. The van der Waals surface area contributed by atoms with Gasteiger partial charge in [0.15, 0.2) is 11.4 Å². The van der Waals surface area contributed by atoms with Gasteiger partial charge in [0.2, 0.25) is 0 Å². The molecule has 1 fully saturated rings. The first-order valence-corrected chi connectivity index (χ1v) is 11.6. The number of nitrogens with zero attached hydrogens (tertiary/aromatic N) is 5. The Kier molecular flexibility index (Phi) is 5.01. The molecule has 166 valence electrons. The van der Waals surface area contributed by atoms with Crippen LogP contribution in [0.25, 0.3) is 44.2 Å². The Bertz CT molecular complexity index is 1450. The van der Waals surface area contributed by atoms with Crippen LogP contribution in [0.4, 0.5) is 5.82 Å². The number of aromatic nitrogens is 4. The summed E-state index contributed by atoms with van der Waals surface area (Å²) < 4.78 is 19.5. The molecule has 4 aromatic heterocycles. The van der Waals surface area contributed by atoms with Crippen LogP contribution in [0.15, 0.2) is 65.7 Å². The summed E-state index contributed by atoms with van der Waals surface area (Å²) in [6.45, 7) is 1.67. The summed E-state index contributed by atoms with van der Waals surface area (Å²) in [5, 5.41) is 7.67. The monoisotopic (exact) mass is 458 g/mol. The second-order valence-electron chi connectivity index (χ2n) is 8.26. The summed E-state index contributed by atoms with van der Waals surface area (Å²) in [5.74, 6) is 1.10. The van der Waals surface area contributed by atoms with E-state index in [0.29, 0.717) is 17.4 Å². The fourth-order valence-electron chi connectivity index (χ4n) is 4.61. The van der Waals surface area contributed by atoms with Crippen LogP contribution in [0.5, 0.6) is 0 Å². The highest BCUT2D eigenvalue weighted by Gasteiger charge is 2.22. The first-order valence-electron chi connectivity index (χ1n) is 10.8. The van der Waals surface area contributed by atoms with E-state index in [1.54, 1.807) is 12.4 Å². The number of hydrogen-bond donors (Lipinski definition) is 2. The van der Waals surface area contributed by atoms with Gasteiger partial charge in [-0.15, -0.1) is 0 Å². The molecule has 0 saturated carbocycles. The zero-order valence-corrected chi connectivity index (χ0v) is 18.6. The number of nitrogen functional groups attached to an aromatic ring is 1. The van der Waals surface area contributed by atoms with Crippen molar-refractivity contribution in [1.82, 2.24) is 24.1 Å². The van der Waals surface area contributed by atoms with Gasteiger partial charge in [0.25, 0.3) is 0 Å². The lowest BCUT2D eigenvalue weighted by molar-refractivity contribution is 0.268. The summed E-state index contributed by atoms with van der Waals surface area (Å²) in [7, 11) is 0. The van der Waals surface area contributed by atoms with Gasteiger partial charge in [-0.05, 0) is 30.4 Å². The molecule has 1 aromatic carbocycles. The lowest BCUT2D eigenvalue weighted by Gasteiger charge is -2.29. The van der Waals surface area contributed by atoms with Crippen molar-refractivity contribution < 1.29 is 8.97 Å². The SMILES string of the molecule is Nc1ncc(-c2cnn(C3CCN(SO)CC3)c2)c2cc(-c3cccc4cnccc34)oc12. The predicted molar refractivity (Wildman–Crippen MR) is 130 cm³/mol. The van der Waals surface area contributed by atoms with E-state index in [2.05, 4.69) is 21.3 Å². The van der Waals surface area contributed by atoms with Crippen molar-refractivity contribution in [3.63, 3.8) is 0 Å². The van der Waals surface area contributed by atoms with Gasteiger partial charge in [0, 0.05) is 65.3 Å². The number of rotatable bonds is 4. The average Bonchev–Trinajstić information content (AvgIpc) is 3.53. The van der Waals surface area contributed by atoms with Crippen LogP contribution in [-0.4, -0.2) is 41.7 Å². The maximum absolute atomic E-state index is 9.26. The predicted octanol–water partition coefficient (Wildman–Crippen LogP) is 5.25. The van der Waals surface area contributed by atoms with Crippen LogP contribution in [0.2, 0.25) is 0 Å². The number of furan rings is 1. The highest BCUT2D eigenvalue weighted by atomic mass is 32.2. The van der Waals surface area contributed by atoms with Crippen molar-refractivity contribution in [2.45, 2.75) is 18.9 Å². The average molecular weight is 459 g/mol. The van der Waals surface area contributed by atoms with Crippen LogP contribution in [0.1, 0.15) is 18.9 Å². The van der Waals surface area contributed by atoms with Gasteiger partial charge in [-0.3, -0.25) is 9.67 Å². The minimum Gasteiger partial charge on any atom is -0.452 e. The third kappa shape index (κ3) is 3.54. The van der Waals surface area contributed by atoms with E-state index in [9.17, 15) is 4.55 Å². The molecule has 0 spiro atoms. The van der Waals surface area contributed by atoms with Crippen molar-refractivity contribution in [1.29, 1.82) is 0 Å². The Morgan fingerprint density at radius 2 is 1.94 bits per heavy atom. The van der Waals surface area contributed by atoms with Crippen LogP contribution in [0.3, 0.4) is 0 Å². The van der Waals surface area contributed by atoms with Crippen molar-refractivity contribution in [3.8, 4) is 22.5 Å². The highest BCUT2D eigenvalue weighted by molar-refractivity contribution is 7.91. The minimum absolute atomic E-state index is 0.309. The number of pyridine rings is 2. The van der Waals surface area contributed by atoms with E-state index in [0.717, 1.165) is 76.8 Å². The molecule has 6 rings (SSSR count). The molecule has 0 aliphatic carbocycles. The Balaban J connectivity index is 1.41. The number of fused-ring (bicyclic) bond motifs is 2. The molecule has 0 atom stereocenters. The van der Waals surface area contributed by atoms with Crippen molar-refractivity contribution in [2.75, 3.05) is 18.8 Å².